The maximum Gasteiger partial charge on any atom is 0.247 e. The number of methoxy groups -OCH3 is 1. The summed E-state index contributed by atoms with van der Waals surface area (Å²) in [6.07, 6.45) is 4.70. The van der Waals surface area contributed by atoms with Crippen LogP contribution in [0, 0.1) is 13.8 Å². The number of aliphatic hydroxyl groups excluding tert-OH is 1. The number of nitrogens with zero attached hydrogens (tertiary/aromatic N) is 7. The van der Waals surface area contributed by atoms with Crippen LogP contribution >= 0.6 is 0 Å². The van der Waals surface area contributed by atoms with E-state index in [0.29, 0.717) is 42.0 Å². The van der Waals surface area contributed by atoms with Gasteiger partial charge >= 0.3 is 0 Å². The van der Waals surface area contributed by atoms with Crippen molar-refractivity contribution in [2.45, 2.75) is 26.5 Å². The van der Waals surface area contributed by atoms with Gasteiger partial charge in [0.1, 0.15) is 5.75 Å². The predicted molar refractivity (Wildman–Crippen MR) is 157 cm³/mol. The molecule has 1 aliphatic heterocycles. The lowest BCUT2D eigenvalue weighted by Crippen LogP contribution is -2.49. The Kier molecular flexibility index (Phi) is 9.03. The highest BCUT2D eigenvalue weighted by Crippen LogP contribution is 2.38. The van der Waals surface area contributed by atoms with Crippen molar-refractivity contribution in [2.24, 2.45) is 0 Å². The van der Waals surface area contributed by atoms with Gasteiger partial charge in [-0.1, -0.05) is 6.58 Å². The third-order valence-corrected chi connectivity index (χ3v) is 6.80. The van der Waals surface area contributed by atoms with E-state index in [1.54, 1.807) is 18.0 Å². The molecule has 3 N–H and O–H groups in total. The molecule has 4 rings (SSSR count). The second-order valence-corrected chi connectivity index (χ2v) is 10.3. The summed E-state index contributed by atoms with van der Waals surface area (Å²) >= 11 is 0. The SMILES string of the molecule is C=CC(=O)Nc1cc(Nc2ncc(C)c(-n3cc(CN4CC(O)C4)c(C)n3)n2)c(OC)cc1N(C)CCN(C)C. The first-order chi connectivity index (χ1) is 19.1. The number of carbonyl (C=O) groups excluding carboxylic acids is 1. The van der Waals surface area contributed by atoms with Crippen molar-refractivity contribution in [3.63, 3.8) is 0 Å². The van der Waals surface area contributed by atoms with Crippen molar-refractivity contribution < 1.29 is 14.6 Å². The lowest BCUT2D eigenvalue weighted by molar-refractivity contribution is -0.111. The normalized spacial score (nSPS) is 13.7. The molecular weight excluding hydrogens is 510 g/mol. The van der Waals surface area contributed by atoms with E-state index in [-0.39, 0.29) is 12.0 Å². The quantitative estimate of drug-likeness (QED) is 0.290. The number of amides is 1. The number of carbonyl (C=O) groups is 1. The number of anilines is 4. The van der Waals surface area contributed by atoms with Gasteiger partial charge in [0.25, 0.3) is 0 Å². The molecule has 12 nitrogen and oxygen atoms in total. The van der Waals surface area contributed by atoms with E-state index in [2.05, 4.69) is 42.0 Å². The van der Waals surface area contributed by atoms with Crippen molar-refractivity contribution in [3.05, 3.63) is 54.0 Å². The van der Waals surface area contributed by atoms with Crippen LogP contribution in [0.4, 0.5) is 23.0 Å². The second-order valence-electron chi connectivity index (χ2n) is 10.3. The molecule has 0 saturated carbocycles. The maximum atomic E-state index is 12.3. The molecule has 1 saturated heterocycles. The average Bonchev–Trinajstić information content (AvgIpc) is 3.27. The zero-order chi connectivity index (χ0) is 29.0. The van der Waals surface area contributed by atoms with Crippen molar-refractivity contribution in [3.8, 4) is 11.6 Å². The Morgan fingerprint density at radius 3 is 2.62 bits per heavy atom. The molecular formula is C28H39N9O3. The number of aromatic nitrogens is 4. The van der Waals surface area contributed by atoms with Crippen molar-refractivity contribution in [1.29, 1.82) is 0 Å². The number of aryl methyl sites for hydroxylation is 2. The van der Waals surface area contributed by atoms with E-state index in [0.717, 1.165) is 42.1 Å². The van der Waals surface area contributed by atoms with Gasteiger partial charge in [0.2, 0.25) is 11.9 Å². The first-order valence-corrected chi connectivity index (χ1v) is 13.2. The summed E-state index contributed by atoms with van der Waals surface area (Å²) < 4.78 is 7.47. The number of likely N-dealkylation sites (N-methyl/N-ethyl adjacent to an activating group) is 2. The van der Waals surface area contributed by atoms with Gasteiger partial charge in [-0.25, -0.2) is 9.67 Å². The molecule has 0 atom stereocenters. The van der Waals surface area contributed by atoms with Crippen LogP contribution in [0.1, 0.15) is 16.8 Å². The third-order valence-electron chi connectivity index (χ3n) is 6.80. The zero-order valence-corrected chi connectivity index (χ0v) is 24.1. The first kappa shape index (κ1) is 29.0. The Balaban J connectivity index is 1.63. The van der Waals surface area contributed by atoms with Crippen LogP contribution in [-0.4, -0.2) is 101 Å². The van der Waals surface area contributed by atoms with Gasteiger partial charge in [-0.05, 0) is 40.1 Å². The Labute approximate surface area is 235 Å². The minimum Gasteiger partial charge on any atom is -0.494 e. The number of ether oxygens (including phenoxy) is 1. The highest BCUT2D eigenvalue weighted by atomic mass is 16.5. The van der Waals surface area contributed by atoms with Gasteiger partial charge in [-0.2, -0.15) is 10.1 Å². The summed E-state index contributed by atoms with van der Waals surface area (Å²) in [5.74, 6) is 1.26. The van der Waals surface area contributed by atoms with E-state index in [4.69, 9.17) is 9.72 Å². The monoisotopic (exact) mass is 549 g/mol. The molecule has 0 unspecified atom stereocenters. The lowest BCUT2D eigenvalue weighted by Gasteiger charge is -2.35. The molecule has 12 heteroatoms. The van der Waals surface area contributed by atoms with Gasteiger partial charge in [0.05, 0.1) is 36.0 Å². The van der Waals surface area contributed by atoms with E-state index >= 15 is 0 Å². The predicted octanol–water partition coefficient (Wildman–Crippen LogP) is 2.33. The number of likely N-dealkylation sites (tertiary alicyclic amines) is 1. The molecule has 2 aromatic heterocycles. The number of β-amino-alcohol motifs (C(OH)–C–C–N with tert-alkyl or cyclic N) is 1. The number of hydrogen-bond donors (Lipinski definition) is 3. The number of benzene rings is 1. The minimum absolute atomic E-state index is 0.247. The van der Waals surface area contributed by atoms with Crippen LogP contribution in [-0.2, 0) is 11.3 Å². The highest BCUT2D eigenvalue weighted by Gasteiger charge is 2.25. The summed E-state index contributed by atoms with van der Waals surface area (Å²) in [4.78, 5) is 27.8. The molecule has 214 valence electrons. The van der Waals surface area contributed by atoms with Crippen LogP contribution in [0.15, 0.2) is 37.2 Å². The van der Waals surface area contributed by atoms with Gasteiger partial charge in [-0.15, -0.1) is 0 Å². The van der Waals surface area contributed by atoms with Crippen molar-refractivity contribution >= 4 is 28.9 Å². The summed E-state index contributed by atoms with van der Waals surface area (Å²) in [5, 5.41) is 20.5. The largest absolute Gasteiger partial charge is 0.494 e. The number of aliphatic hydroxyl groups is 1. The molecule has 40 heavy (non-hydrogen) atoms. The summed E-state index contributed by atoms with van der Waals surface area (Å²) in [6.45, 7) is 11.1. The Bertz CT molecular complexity index is 1370. The zero-order valence-electron chi connectivity index (χ0n) is 24.1. The second kappa shape index (κ2) is 12.5. The summed E-state index contributed by atoms with van der Waals surface area (Å²) in [5.41, 5.74) is 4.85. The third kappa shape index (κ3) is 6.76. The van der Waals surface area contributed by atoms with Crippen LogP contribution in [0.5, 0.6) is 5.75 Å². The average molecular weight is 550 g/mol. The standard InChI is InChI=1S/C28H39N9O3/c1-8-26(39)30-22-11-23(25(40-7)12-24(22)35(6)10-9-34(4)5)31-28-29-13-18(2)27(32-28)37-15-20(19(3)33-37)14-36-16-21(38)17-36/h8,11-13,15,21,38H,1,9-10,14,16-17H2,2-7H3,(H,30,39)(H,29,31,32). The Morgan fingerprint density at radius 1 is 1.23 bits per heavy atom. The Morgan fingerprint density at radius 2 is 1.98 bits per heavy atom. The molecule has 0 bridgehead atoms. The fraction of sp³-hybridized carbons (Fsp3) is 0.429. The van der Waals surface area contributed by atoms with E-state index in [1.807, 2.05) is 53.3 Å². The smallest absolute Gasteiger partial charge is 0.247 e. The highest BCUT2D eigenvalue weighted by molar-refractivity contribution is 6.02. The molecule has 3 aromatic rings. The Hall–Kier alpha value is -4.00. The number of nitrogens with one attached hydrogen (secondary N) is 2. The molecule has 0 radical (unpaired) electrons. The lowest BCUT2D eigenvalue weighted by atomic mass is 10.1. The van der Waals surface area contributed by atoms with Crippen LogP contribution in [0.3, 0.4) is 0 Å². The van der Waals surface area contributed by atoms with E-state index in [1.165, 1.54) is 6.08 Å². The fourth-order valence-electron chi connectivity index (χ4n) is 4.42. The molecule has 0 aliphatic carbocycles. The maximum absolute atomic E-state index is 12.3. The van der Waals surface area contributed by atoms with Crippen LogP contribution < -0.4 is 20.3 Å². The summed E-state index contributed by atoms with van der Waals surface area (Å²) in [6, 6.07) is 3.68. The van der Waals surface area contributed by atoms with Crippen LogP contribution in [0.2, 0.25) is 0 Å². The van der Waals surface area contributed by atoms with Crippen molar-refractivity contribution in [2.75, 3.05) is 70.0 Å². The van der Waals surface area contributed by atoms with Crippen LogP contribution in [0.25, 0.3) is 5.82 Å². The molecule has 1 fully saturated rings. The van der Waals surface area contributed by atoms with Crippen molar-refractivity contribution in [1.82, 2.24) is 29.5 Å². The van der Waals surface area contributed by atoms with Gasteiger partial charge in [0, 0.05) is 69.4 Å². The van der Waals surface area contributed by atoms with Gasteiger partial charge < -0.3 is 30.3 Å². The van der Waals surface area contributed by atoms with Gasteiger partial charge in [0.15, 0.2) is 5.82 Å². The topological polar surface area (TPSA) is 124 Å². The molecule has 1 aromatic carbocycles. The molecule has 3 heterocycles. The summed E-state index contributed by atoms with van der Waals surface area (Å²) in [7, 11) is 7.59. The minimum atomic E-state index is -0.315. The van der Waals surface area contributed by atoms with Gasteiger partial charge in [-0.3, -0.25) is 9.69 Å². The first-order valence-electron chi connectivity index (χ1n) is 13.2. The molecule has 1 amide bonds. The molecule has 1 aliphatic rings. The fourth-order valence-corrected chi connectivity index (χ4v) is 4.42. The van der Waals surface area contributed by atoms with E-state index < -0.39 is 0 Å². The number of hydrogen-bond acceptors (Lipinski definition) is 10. The number of rotatable bonds is 12. The van der Waals surface area contributed by atoms with E-state index in [9.17, 15) is 9.90 Å². The molecule has 0 spiro atoms.